The molecule has 7 nitrogen and oxygen atoms in total. The molecule has 0 aliphatic heterocycles. The summed E-state index contributed by atoms with van der Waals surface area (Å²) in [6, 6.07) is 7.40. The van der Waals surface area contributed by atoms with E-state index < -0.39 is 17.1 Å². The molecule has 0 aliphatic carbocycles. The van der Waals surface area contributed by atoms with E-state index in [9.17, 15) is 14.7 Å². The van der Waals surface area contributed by atoms with E-state index in [0.29, 0.717) is 0 Å². The topological polar surface area (TPSA) is 88.9 Å². The number of aromatic hydroxyl groups is 1. The molecule has 1 heterocycles. The summed E-state index contributed by atoms with van der Waals surface area (Å²) in [6.45, 7) is 0. The van der Waals surface area contributed by atoms with Gasteiger partial charge in [-0.05, 0) is 17.7 Å². The molecule has 2 aromatic rings. The smallest absolute Gasteiger partial charge is 0.333 e. The number of hydrogen-bond acceptors (Lipinski definition) is 5. The van der Waals surface area contributed by atoms with Crippen LogP contribution in [-0.2, 0) is 14.1 Å². The van der Waals surface area contributed by atoms with E-state index in [2.05, 4.69) is 26.1 Å². The molecule has 0 atom stereocenters. The Morgan fingerprint density at radius 1 is 1.05 bits per heavy atom. The van der Waals surface area contributed by atoms with Gasteiger partial charge < -0.3 is 5.11 Å². The van der Waals surface area contributed by atoms with E-state index in [0.717, 1.165) is 25.4 Å². The Labute approximate surface area is 134 Å². The molecule has 22 heavy (non-hydrogen) atoms. The maximum atomic E-state index is 11.9. The largest absolute Gasteiger partial charge is 0.494 e. The van der Waals surface area contributed by atoms with Crippen LogP contribution in [0.5, 0.6) is 5.88 Å². The second kappa shape index (κ2) is 6.52. The maximum Gasteiger partial charge on any atom is 0.333 e. The number of rotatable bonds is 3. The Kier molecular flexibility index (Phi) is 4.71. The molecule has 0 saturated carbocycles. The SMILES string of the molecule is Cn1c(O)c(/C=N\N=C\c2ccc(Br)cc2)c(=O)n(C)c1=O. The highest BCUT2D eigenvalue weighted by molar-refractivity contribution is 9.10. The van der Waals surface area contributed by atoms with Crippen molar-refractivity contribution in [1.29, 1.82) is 0 Å². The van der Waals surface area contributed by atoms with Crippen molar-refractivity contribution in [2.75, 3.05) is 0 Å². The summed E-state index contributed by atoms with van der Waals surface area (Å²) in [5.41, 5.74) is -0.517. The van der Waals surface area contributed by atoms with Gasteiger partial charge in [0.25, 0.3) is 5.56 Å². The van der Waals surface area contributed by atoms with E-state index in [1.165, 1.54) is 20.3 Å². The van der Waals surface area contributed by atoms with Crippen LogP contribution < -0.4 is 11.2 Å². The van der Waals surface area contributed by atoms with Gasteiger partial charge in [-0.15, -0.1) is 0 Å². The van der Waals surface area contributed by atoms with Crippen molar-refractivity contribution >= 4 is 28.4 Å². The fourth-order valence-corrected chi connectivity index (χ4v) is 1.98. The summed E-state index contributed by atoms with van der Waals surface area (Å²) >= 11 is 3.33. The molecular formula is C14H13BrN4O3. The van der Waals surface area contributed by atoms with Crippen molar-refractivity contribution in [1.82, 2.24) is 9.13 Å². The number of hydrogen-bond donors (Lipinski definition) is 1. The average Bonchev–Trinajstić information content (AvgIpc) is 2.52. The number of benzene rings is 1. The van der Waals surface area contributed by atoms with Crippen LogP contribution in [0.25, 0.3) is 0 Å². The first-order valence-electron chi connectivity index (χ1n) is 6.22. The van der Waals surface area contributed by atoms with Crippen molar-refractivity contribution in [2.45, 2.75) is 0 Å². The van der Waals surface area contributed by atoms with Crippen molar-refractivity contribution in [2.24, 2.45) is 24.3 Å². The van der Waals surface area contributed by atoms with Gasteiger partial charge in [0.15, 0.2) is 0 Å². The number of aromatic nitrogens is 2. The minimum atomic E-state index is -0.636. The molecule has 0 aliphatic rings. The summed E-state index contributed by atoms with van der Waals surface area (Å²) in [5, 5.41) is 17.4. The summed E-state index contributed by atoms with van der Waals surface area (Å²) in [5.74, 6) is -0.448. The van der Waals surface area contributed by atoms with Crippen LogP contribution in [0.3, 0.4) is 0 Å². The van der Waals surface area contributed by atoms with Gasteiger partial charge in [0, 0.05) is 18.6 Å². The third kappa shape index (κ3) is 3.22. The van der Waals surface area contributed by atoms with Crippen molar-refractivity contribution < 1.29 is 5.11 Å². The minimum Gasteiger partial charge on any atom is -0.494 e. The molecule has 0 amide bonds. The molecule has 0 spiro atoms. The highest BCUT2D eigenvalue weighted by atomic mass is 79.9. The number of halogens is 1. The normalized spacial score (nSPS) is 11.6. The fourth-order valence-electron chi connectivity index (χ4n) is 1.71. The molecule has 0 radical (unpaired) electrons. The van der Waals surface area contributed by atoms with Crippen LogP contribution in [0.15, 0.2) is 48.5 Å². The van der Waals surface area contributed by atoms with Crippen LogP contribution in [0, 0.1) is 0 Å². The summed E-state index contributed by atoms with van der Waals surface area (Å²) in [7, 11) is 2.69. The molecule has 0 bridgehead atoms. The first-order chi connectivity index (χ1) is 10.4. The third-order valence-corrected chi connectivity index (χ3v) is 3.53. The summed E-state index contributed by atoms with van der Waals surface area (Å²) in [6.07, 6.45) is 2.62. The lowest BCUT2D eigenvalue weighted by Crippen LogP contribution is -2.38. The summed E-state index contributed by atoms with van der Waals surface area (Å²) < 4.78 is 2.80. The molecule has 114 valence electrons. The van der Waals surface area contributed by atoms with Gasteiger partial charge in [-0.2, -0.15) is 10.2 Å². The van der Waals surface area contributed by atoms with Crippen LogP contribution in [-0.4, -0.2) is 26.7 Å². The van der Waals surface area contributed by atoms with E-state index in [1.807, 2.05) is 24.3 Å². The quantitative estimate of drug-likeness (QED) is 0.650. The van der Waals surface area contributed by atoms with Gasteiger partial charge >= 0.3 is 5.69 Å². The van der Waals surface area contributed by atoms with Gasteiger partial charge in [0.05, 0.1) is 12.4 Å². The van der Waals surface area contributed by atoms with Crippen molar-refractivity contribution in [3.63, 3.8) is 0 Å². The van der Waals surface area contributed by atoms with Crippen LogP contribution in [0.4, 0.5) is 0 Å². The highest BCUT2D eigenvalue weighted by Crippen LogP contribution is 2.09. The molecule has 1 aromatic heterocycles. The Balaban J connectivity index is 2.30. The standard InChI is InChI=1S/C14H13BrN4O3/c1-18-12(20)11(13(21)19(2)14(18)22)8-17-16-7-9-3-5-10(15)6-4-9/h3-8,20H,1-2H3/b16-7+,17-8-. The first kappa shape index (κ1) is 15.9. The predicted octanol–water partition coefficient (Wildman–Crippen LogP) is 1.01. The first-order valence-corrected chi connectivity index (χ1v) is 7.02. The lowest BCUT2D eigenvalue weighted by atomic mass is 10.2. The zero-order chi connectivity index (χ0) is 16.3. The van der Waals surface area contributed by atoms with Crippen molar-refractivity contribution in [3.8, 4) is 5.88 Å². The van der Waals surface area contributed by atoms with Gasteiger partial charge in [0.1, 0.15) is 5.56 Å². The molecule has 0 fully saturated rings. The Bertz CT molecular complexity index is 863. The molecule has 8 heteroatoms. The van der Waals surface area contributed by atoms with Gasteiger partial charge in [-0.1, -0.05) is 28.1 Å². The van der Waals surface area contributed by atoms with E-state index in [4.69, 9.17) is 0 Å². The van der Waals surface area contributed by atoms with E-state index in [-0.39, 0.29) is 5.56 Å². The Morgan fingerprint density at radius 3 is 2.27 bits per heavy atom. The number of nitrogens with zero attached hydrogens (tertiary/aromatic N) is 4. The van der Waals surface area contributed by atoms with Crippen LogP contribution in [0.1, 0.15) is 11.1 Å². The van der Waals surface area contributed by atoms with Crippen LogP contribution in [0.2, 0.25) is 0 Å². The molecule has 0 saturated heterocycles. The molecule has 0 unspecified atom stereocenters. The molecular weight excluding hydrogens is 352 g/mol. The van der Waals surface area contributed by atoms with E-state index in [1.54, 1.807) is 0 Å². The van der Waals surface area contributed by atoms with Gasteiger partial charge in [0.2, 0.25) is 5.88 Å². The third-order valence-electron chi connectivity index (χ3n) is 3.00. The lowest BCUT2D eigenvalue weighted by molar-refractivity contribution is 0.410. The average molecular weight is 365 g/mol. The highest BCUT2D eigenvalue weighted by Gasteiger charge is 2.12. The lowest BCUT2D eigenvalue weighted by Gasteiger charge is -2.06. The fraction of sp³-hybridized carbons (Fsp3) is 0.143. The molecule has 2 rings (SSSR count). The second-order valence-corrected chi connectivity index (χ2v) is 5.40. The minimum absolute atomic E-state index is 0.0995. The van der Waals surface area contributed by atoms with Gasteiger partial charge in [-0.25, -0.2) is 4.79 Å². The zero-order valence-corrected chi connectivity index (χ0v) is 13.5. The van der Waals surface area contributed by atoms with Crippen molar-refractivity contribution in [3.05, 3.63) is 60.7 Å². The summed E-state index contributed by atoms with van der Waals surface area (Å²) in [4.78, 5) is 23.5. The Hall–Kier alpha value is -2.48. The zero-order valence-electron chi connectivity index (χ0n) is 11.9. The molecule has 1 N–H and O–H groups in total. The van der Waals surface area contributed by atoms with E-state index >= 15 is 0 Å². The van der Waals surface area contributed by atoms with Crippen LogP contribution >= 0.6 is 15.9 Å². The van der Waals surface area contributed by atoms with Gasteiger partial charge in [-0.3, -0.25) is 13.9 Å². The predicted molar refractivity (Wildman–Crippen MR) is 87.9 cm³/mol. The second-order valence-electron chi connectivity index (χ2n) is 4.48. The maximum absolute atomic E-state index is 11.9. The monoisotopic (exact) mass is 364 g/mol. The molecule has 1 aromatic carbocycles. The Morgan fingerprint density at radius 2 is 1.64 bits per heavy atom.